The van der Waals surface area contributed by atoms with Crippen molar-refractivity contribution in [3.05, 3.63) is 64.7 Å². The molecule has 0 aliphatic carbocycles. The number of alkyl halides is 3. The minimum Gasteiger partial charge on any atom is -0.508 e. The molecule has 1 heterocycles. The first kappa shape index (κ1) is 14.9. The summed E-state index contributed by atoms with van der Waals surface area (Å²) in [5.41, 5.74) is 2.56. The van der Waals surface area contributed by atoms with E-state index in [1.165, 1.54) is 12.1 Å². The van der Waals surface area contributed by atoms with Gasteiger partial charge in [-0.25, -0.2) is 0 Å². The van der Waals surface area contributed by atoms with Gasteiger partial charge in [-0.2, -0.15) is 13.2 Å². The molecule has 2 aromatic rings. The van der Waals surface area contributed by atoms with Crippen molar-refractivity contribution in [1.82, 2.24) is 4.90 Å². The van der Waals surface area contributed by atoms with Crippen LogP contribution in [0.2, 0.25) is 0 Å². The number of phenols is 1. The lowest BCUT2D eigenvalue weighted by molar-refractivity contribution is -0.137. The summed E-state index contributed by atoms with van der Waals surface area (Å²) in [4.78, 5) is 2.20. The summed E-state index contributed by atoms with van der Waals surface area (Å²) < 4.78 is 37.6. The standard InChI is InChI=1S/C17H16F3NO/c18-17(19,20)15-4-1-12(2-5-15)10-21-8-7-13-9-16(22)6-3-14(13)11-21/h1-6,9,22H,7-8,10-11H2. The summed E-state index contributed by atoms with van der Waals surface area (Å²) in [6.07, 6.45) is -3.45. The molecule has 0 saturated carbocycles. The summed E-state index contributed by atoms with van der Waals surface area (Å²) in [6, 6.07) is 10.7. The maximum Gasteiger partial charge on any atom is 0.416 e. The Balaban J connectivity index is 1.68. The summed E-state index contributed by atoms with van der Waals surface area (Å²) >= 11 is 0. The van der Waals surface area contributed by atoms with Crippen molar-refractivity contribution >= 4 is 0 Å². The molecule has 5 heteroatoms. The fourth-order valence-corrected chi connectivity index (χ4v) is 2.79. The normalized spacial score (nSPS) is 15.6. The minimum atomic E-state index is -4.29. The van der Waals surface area contributed by atoms with Gasteiger partial charge in [0.25, 0.3) is 0 Å². The lowest BCUT2D eigenvalue weighted by Crippen LogP contribution is -2.30. The molecule has 2 nitrogen and oxygen atoms in total. The molecule has 0 spiro atoms. The van der Waals surface area contributed by atoms with Crippen LogP contribution < -0.4 is 0 Å². The number of rotatable bonds is 2. The minimum absolute atomic E-state index is 0.273. The molecule has 0 unspecified atom stereocenters. The number of halogens is 3. The summed E-state index contributed by atoms with van der Waals surface area (Å²) in [6.45, 7) is 2.20. The fourth-order valence-electron chi connectivity index (χ4n) is 2.79. The van der Waals surface area contributed by atoms with Gasteiger partial charge in [0.1, 0.15) is 5.75 Å². The van der Waals surface area contributed by atoms with E-state index >= 15 is 0 Å². The second kappa shape index (κ2) is 5.65. The van der Waals surface area contributed by atoms with E-state index in [0.717, 1.165) is 48.3 Å². The Morgan fingerprint density at radius 2 is 1.73 bits per heavy atom. The number of phenolic OH excluding ortho intramolecular Hbond substituents is 1. The van der Waals surface area contributed by atoms with E-state index in [0.29, 0.717) is 6.54 Å². The van der Waals surface area contributed by atoms with Crippen LogP contribution in [-0.4, -0.2) is 16.6 Å². The molecule has 22 heavy (non-hydrogen) atoms. The first-order valence-electron chi connectivity index (χ1n) is 7.11. The molecule has 0 atom stereocenters. The van der Waals surface area contributed by atoms with Gasteiger partial charge in [0.15, 0.2) is 0 Å². The lowest BCUT2D eigenvalue weighted by atomic mass is 9.99. The van der Waals surface area contributed by atoms with E-state index in [4.69, 9.17) is 0 Å². The lowest BCUT2D eigenvalue weighted by Gasteiger charge is -2.29. The third kappa shape index (κ3) is 3.25. The van der Waals surface area contributed by atoms with Crippen LogP contribution in [0.4, 0.5) is 13.2 Å². The highest BCUT2D eigenvalue weighted by Crippen LogP contribution is 2.29. The molecule has 1 aliphatic heterocycles. The Labute approximate surface area is 126 Å². The van der Waals surface area contributed by atoms with Crippen molar-refractivity contribution in [3.8, 4) is 5.75 Å². The quantitative estimate of drug-likeness (QED) is 0.907. The van der Waals surface area contributed by atoms with Gasteiger partial charge < -0.3 is 5.11 Å². The maximum atomic E-state index is 12.5. The average molecular weight is 307 g/mol. The molecule has 1 N–H and O–H groups in total. The Hall–Kier alpha value is -2.01. The topological polar surface area (TPSA) is 23.5 Å². The van der Waals surface area contributed by atoms with E-state index in [-0.39, 0.29) is 5.75 Å². The van der Waals surface area contributed by atoms with Crippen molar-refractivity contribution in [3.63, 3.8) is 0 Å². The van der Waals surface area contributed by atoms with Crippen molar-refractivity contribution in [2.24, 2.45) is 0 Å². The second-order valence-electron chi connectivity index (χ2n) is 5.61. The zero-order valence-electron chi connectivity index (χ0n) is 11.9. The van der Waals surface area contributed by atoms with E-state index < -0.39 is 11.7 Å². The molecule has 0 bridgehead atoms. The van der Waals surface area contributed by atoms with Gasteiger partial charge in [0.05, 0.1) is 5.56 Å². The first-order chi connectivity index (χ1) is 10.4. The van der Waals surface area contributed by atoms with E-state index in [1.54, 1.807) is 12.1 Å². The van der Waals surface area contributed by atoms with Gasteiger partial charge in [-0.3, -0.25) is 4.90 Å². The van der Waals surface area contributed by atoms with Crippen LogP contribution in [0.1, 0.15) is 22.3 Å². The Morgan fingerprint density at radius 1 is 1.00 bits per heavy atom. The van der Waals surface area contributed by atoms with E-state index in [1.807, 2.05) is 6.07 Å². The van der Waals surface area contributed by atoms with Gasteiger partial charge in [-0.15, -0.1) is 0 Å². The first-order valence-corrected chi connectivity index (χ1v) is 7.11. The monoisotopic (exact) mass is 307 g/mol. The Bertz CT molecular complexity index is 665. The molecule has 0 fully saturated rings. The van der Waals surface area contributed by atoms with Crippen LogP contribution in [0.5, 0.6) is 5.75 Å². The van der Waals surface area contributed by atoms with Gasteiger partial charge in [0, 0.05) is 19.6 Å². The predicted molar refractivity (Wildman–Crippen MR) is 77.4 cm³/mol. The third-order valence-electron chi connectivity index (χ3n) is 3.97. The maximum absolute atomic E-state index is 12.5. The van der Waals surface area contributed by atoms with Crippen molar-refractivity contribution in [1.29, 1.82) is 0 Å². The zero-order valence-corrected chi connectivity index (χ0v) is 11.9. The number of benzene rings is 2. The molecule has 0 amide bonds. The van der Waals surface area contributed by atoms with Gasteiger partial charge in [0.2, 0.25) is 0 Å². The number of fused-ring (bicyclic) bond motifs is 1. The molecule has 1 aliphatic rings. The second-order valence-corrected chi connectivity index (χ2v) is 5.61. The van der Waals surface area contributed by atoms with E-state index in [2.05, 4.69) is 4.90 Å². The molecule has 0 aromatic heterocycles. The van der Waals surface area contributed by atoms with Crippen LogP contribution in [0.3, 0.4) is 0 Å². The van der Waals surface area contributed by atoms with Gasteiger partial charge in [-0.1, -0.05) is 18.2 Å². The number of aromatic hydroxyl groups is 1. The molecule has 116 valence electrons. The van der Waals surface area contributed by atoms with Crippen LogP contribution in [0.25, 0.3) is 0 Å². The van der Waals surface area contributed by atoms with Crippen LogP contribution in [0.15, 0.2) is 42.5 Å². The molecule has 0 radical (unpaired) electrons. The molecule has 2 aromatic carbocycles. The average Bonchev–Trinajstić information content (AvgIpc) is 2.47. The van der Waals surface area contributed by atoms with Gasteiger partial charge >= 0.3 is 6.18 Å². The van der Waals surface area contributed by atoms with Gasteiger partial charge in [-0.05, 0) is 47.4 Å². The zero-order chi connectivity index (χ0) is 15.7. The number of nitrogens with zero attached hydrogens (tertiary/aromatic N) is 1. The van der Waals surface area contributed by atoms with Crippen LogP contribution >= 0.6 is 0 Å². The predicted octanol–water partition coefficient (Wildman–Crippen LogP) is 3.97. The van der Waals surface area contributed by atoms with Crippen molar-refractivity contribution < 1.29 is 18.3 Å². The largest absolute Gasteiger partial charge is 0.508 e. The van der Waals surface area contributed by atoms with Crippen molar-refractivity contribution in [2.45, 2.75) is 25.7 Å². The smallest absolute Gasteiger partial charge is 0.416 e. The molecule has 3 rings (SSSR count). The number of hydrogen-bond donors (Lipinski definition) is 1. The molecular weight excluding hydrogens is 291 g/mol. The summed E-state index contributed by atoms with van der Waals surface area (Å²) in [5, 5.41) is 9.48. The van der Waals surface area contributed by atoms with E-state index in [9.17, 15) is 18.3 Å². The fraction of sp³-hybridized carbons (Fsp3) is 0.294. The highest BCUT2D eigenvalue weighted by molar-refractivity contribution is 5.36. The summed E-state index contributed by atoms with van der Waals surface area (Å²) in [5.74, 6) is 0.273. The highest BCUT2D eigenvalue weighted by atomic mass is 19.4. The van der Waals surface area contributed by atoms with Crippen molar-refractivity contribution in [2.75, 3.05) is 6.54 Å². The summed E-state index contributed by atoms with van der Waals surface area (Å²) in [7, 11) is 0. The Morgan fingerprint density at radius 3 is 2.41 bits per heavy atom. The van der Waals surface area contributed by atoms with Crippen LogP contribution in [-0.2, 0) is 25.7 Å². The third-order valence-corrected chi connectivity index (χ3v) is 3.97. The SMILES string of the molecule is Oc1ccc2c(c1)CCN(Cc1ccc(C(F)(F)F)cc1)C2. The van der Waals surface area contributed by atoms with Crippen LogP contribution in [0, 0.1) is 0 Å². The number of hydrogen-bond acceptors (Lipinski definition) is 2. The Kier molecular flexibility index (Phi) is 3.83. The molecular formula is C17H16F3NO. The highest BCUT2D eigenvalue weighted by Gasteiger charge is 2.30. The molecule has 0 saturated heterocycles.